The Balaban J connectivity index is 2.07. The summed E-state index contributed by atoms with van der Waals surface area (Å²) in [6.07, 6.45) is 0.215. The van der Waals surface area contributed by atoms with Crippen molar-refractivity contribution in [3.63, 3.8) is 0 Å². The molecule has 3 rings (SSSR count). The van der Waals surface area contributed by atoms with Crippen molar-refractivity contribution in [2.24, 2.45) is 0 Å². The largest absolute Gasteiger partial charge is 0.456 e. The normalized spacial score (nSPS) is 19.5. The lowest BCUT2D eigenvalue weighted by atomic mass is 9.92. The van der Waals surface area contributed by atoms with E-state index in [4.69, 9.17) is 10.1 Å². The predicted molar refractivity (Wildman–Crippen MR) is 81.2 cm³/mol. The van der Waals surface area contributed by atoms with Gasteiger partial charge in [0.05, 0.1) is 22.8 Å². The summed E-state index contributed by atoms with van der Waals surface area (Å²) in [6, 6.07) is 1.71. The highest BCUT2D eigenvalue weighted by Gasteiger charge is 2.37. The van der Waals surface area contributed by atoms with E-state index in [1.165, 1.54) is 13.8 Å². The minimum absolute atomic E-state index is 0.107. The van der Waals surface area contributed by atoms with Gasteiger partial charge in [-0.3, -0.25) is 19.8 Å². The lowest BCUT2D eigenvalue weighted by Crippen LogP contribution is -2.32. The molecule has 0 saturated heterocycles. The van der Waals surface area contributed by atoms with Gasteiger partial charge >= 0.3 is 5.97 Å². The highest BCUT2D eigenvalue weighted by atomic mass is 16.5. The van der Waals surface area contributed by atoms with Crippen molar-refractivity contribution < 1.29 is 19.1 Å². The first-order valence-corrected chi connectivity index (χ1v) is 7.34. The molecule has 2 N–H and O–H groups in total. The molecule has 1 amide bonds. The number of ketones is 1. The molecular formula is C16H17N3O4. The van der Waals surface area contributed by atoms with Crippen molar-refractivity contribution >= 4 is 23.4 Å². The van der Waals surface area contributed by atoms with Crippen LogP contribution < -0.4 is 5.32 Å². The summed E-state index contributed by atoms with van der Waals surface area (Å²) in [4.78, 5) is 35.2. The monoisotopic (exact) mass is 315 g/mol. The Morgan fingerprint density at radius 2 is 2.09 bits per heavy atom. The second-order valence-electron chi connectivity index (χ2n) is 5.76. The van der Waals surface area contributed by atoms with Crippen LogP contribution in [-0.4, -0.2) is 27.9 Å². The summed E-state index contributed by atoms with van der Waals surface area (Å²) < 4.78 is 7.09. The molecule has 2 heterocycles. The van der Waals surface area contributed by atoms with E-state index in [0.29, 0.717) is 29.8 Å². The predicted octanol–water partition coefficient (Wildman–Crippen LogP) is 1.47. The van der Waals surface area contributed by atoms with Crippen LogP contribution in [0.1, 0.15) is 55.0 Å². The van der Waals surface area contributed by atoms with Crippen LogP contribution >= 0.6 is 0 Å². The van der Waals surface area contributed by atoms with Gasteiger partial charge in [0.15, 0.2) is 0 Å². The fourth-order valence-corrected chi connectivity index (χ4v) is 3.17. The summed E-state index contributed by atoms with van der Waals surface area (Å²) in [6.45, 7) is 4.84. The number of aromatic nitrogens is 1. The van der Waals surface area contributed by atoms with Crippen molar-refractivity contribution in [2.45, 2.75) is 39.8 Å². The number of nitrogens with zero attached hydrogens (tertiary/aromatic N) is 1. The summed E-state index contributed by atoms with van der Waals surface area (Å²) in [5.41, 5.74) is 2.32. The van der Waals surface area contributed by atoms with Gasteiger partial charge in [0.1, 0.15) is 6.10 Å². The zero-order chi connectivity index (χ0) is 16.9. The van der Waals surface area contributed by atoms with Crippen LogP contribution in [0, 0.1) is 5.41 Å². The van der Waals surface area contributed by atoms with E-state index in [1.807, 2.05) is 4.57 Å². The van der Waals surface area contributed by atoms with Crippen LogP contribution in [0.25, 0.3) is 0 Å². The third-order valence-electron chi connectivity index (χ3n) is 4.13. The lowest BCUT2D eigenvalue weighted by Gasteiger charge is -2.20. The number of carbonyl (C=O) groups is 3. The van der Waals surface area contributed by atoms with Gasteiger partial charge in [-0.25, -0.2) is 0 Å². The van der Waals surface area contributed by atoms with E-state index in [9.17, 15) is 14.4 Å². The second kappa shape index (κ2) is 5.19. The van der Waals surface area contributed by atoms with Crippen LogP contribution in [0.15, 0.2) is 17.3 Å². The standard InChI is InChI=1S/C16H17N3O4/c1-7-14(18-8(2)20)13(17)10-6-11-12(23-9(3)21)4-5-19(11)15(10)16(7)22/h6,12,17H,4-5H2,1-3H3,(H,18,20). The molecule has 0 fully saturated rings. The van der Waals surface area contributed by atoms with Crippen LogP contribution in [0.4, 0.5) is 0 Å². The molecule has 0 bridgehead atoms. The molecule has 1 aliphatic carbocycles. The van der Waals surface area contributed by atoms with Gasteiger partial charge in [-0.2, -0.15) is 0 Å². The Kier molecular flexibility index (Phi) is 3.43. The van der Waals surface area contributed by atoms with Crippen LogP contribution in [0.2, 0.25) is 0 Å². The zero-order valence-corrected chi connectivity index (χ0v) is 13.1. The Labute approximate surface area is 132 Å². The quantitative estimate of drug-likeness (QED) is 0.807. The number of hydrogen-bond acceptors (Lipinski definition) is 5. The maximum absolute atomic E-state index is 12.7. The van der Waals surface area contributed by atoms with Crippen molar-refractivity contribution in [1.29, 1.82) is 5.41 Å². The molecule has 23 heavy (non-hydrogen) atoms. The maximum Gasteiger partial charge on any atom is 0.303 e. The smallest absolute Gasteiger partial charge is 0.303 e. The van der Waals surface area contributed by atoms with Crippen LogP contribution in [0.5, 0.6) is 0 Å². The highest BCUT2D eigenvalue weighted by molar-refractivity contribution is 6.27. The topological polar surface area (TPSA) is 101 Å². The fourth-order valence-electron chi connectivity index (χ4n) is 3.17. The molecule has 1 atom stereocenters. The summed E-state index contributed by atoms with van der Waals surface area (Å²) in [7, 11) is 0. The third-order valence-corrected chi connectivity index (χ3v) is 4.13. The number of allylic oxidation sites excluding steroid dienone is 2. The van der Waals surface area contributed by atoms with Gasteiger partial charge in [0.2, 0.25) is 11.7 Å². The SMILES string of the molecule is CC(=O)NC1=C(C)C(=O)c2c(cc3n2CCC3OC(C)=O)C1=N. The van der Waals surface area contributed by atoms with Crippen LogP contribution in [-0.2, 0) is 20.9 Å². The Morgan fingerprint density at radius 3 is 2.70 bits per heavy atom. The van der Waals surface area contributed by atoms with Gasteiger partial charge < -0.3 is 14.6 Å². The minimum atomic E-state index is -0.400. The first kappa shape index (κ1) is 15.2. The van der Waals surface area contributed by atoms with Gasteiger partial charge in [0, 0.05) is 37.9 Å². The molecule has 120 valence electrons. The van der Waals surface area contributed by atoms with E-state index in [2.05, 4.69) is 5.32 Å². The molecule has 7 nitrogen and oxygen atoms in total. The average Bonchev–Trinajstić information content (AvgIpc) is 3.01. The molecule has 2 aliphatic rings. The first-order valence-electron chi connectivity index (χ1n) is 7.34. The van der Waals surface area contributed by atoms with E-state index in [-0.39, 0.29) is 29.1 Å². The molecule has 7 heteroatoms. The number of nitrogens with one attached hydrogen (secondary N) is 2. The number of hydrogen-bond donors (Lipinski definition) is 2. The van der Waals surface area contributed by atoms with Gasteiger partial charge in [0.25, 0.3) is 0 Å². The Hall–Kier alpha value is -2.70. The number of fused-ring (bicyclic) bond motifs is 3. The zero-order valence-electron chi connectivity index (χ0n) is 13.1. The minimum Gasteiger partial charge on any atom is -0.456 e. The Morgan fingerprint density at radius 1 is 1.39 bits per heavy atom. The molecule has 0 spiro atoms. The van der Waals surface area contributed by atoms with Gasteiger partial charge in [-0.1, -0.05) is 0 Å². The van der Waals surface area contributed by atoms with Gasteiger partial charge in [-0.15, -0.1) is 0 Å². The number of ether oxygens (including phenoxy) is 1. The van der Waals surface area contributed by atoms with Crippen molar-refractivity contribution in [3.8, 4) is 0 Å². The van der Waals surface area contributed by atoms with E-state index >= 15 is 0 Å². The lowest BCUT2D eigenvalue weighted by molar-refractivity contribution is -0.146. The third kappa shape index (κ3) is 2.28. The number of rotatable bonds is 2. The molecule has 1 aromatic heterocycles. The van der Waals surface area contributed by atoms with E-state index in [1.54, 1.807) is 13.0 Å². The molecule has 0 saturated carbocycles. The number of esters is 1. The maximum atomic E-state index is 12.7. The highest BCUT2D eigenvalue weighted by Crippen LogP contribution is 2.37. The van der Waals surface area contributed by atoms with E-state index in [0.717, 1.165) is 5.69 Å². The number of carbonyl (C=O) groups excluding carboxylic acids is 3. The average molecular weight is 315 g/mol. The van der Waals surface area contributed by atoms with Crippen molar-refractivity contribution in [3.05, 3.63) is 34.3 Å². The summed E-state index contributed by atoms with van der Waals surface area (Å²) in [5.74, 6) is -0.920. The molecule has 0 radical (unpaired) electrons. The van der Waals surface area contributed by atoms with Gasteiger partial charge in [-0.05, 0) is 13.0 Å². The van der Waals surface area contributed by atoms with Crippen molar-refractivity contribution in [2.75, 3.05) is 0 Å². The number of amides is 1. The Bertz CT molecular complexity index is 800. The van der Waals surface area contributed by atoms with E-state index < -0.39 is 6.10 Å². The summed E-state index contributed by atoms with van der Waals surface area (Å²) in [5, 5.41) is 10.9. The molecule has 1 aromatic rings. The summed E-state index contributed by atoms with van der Waals surface area (Å²) >= 11 is 0. The molecule has 1 unspecified atom stereocenters. The second-order valence-corrected chi connectivity index (χ2v) is 5.76. The molecule has 1 aliphatic heterocycles. The molecule has 0 aromatic carbocycles. The number of Topliss-reactive ketones (excluding diaryl/α,β-unsaturated/α-hetero) is 1. The first-order chi connectivity index (χ1) is 10.8. The fraction of sp³-hybridized carbons (Fsp3) is 0.375. The van der Waals surface area contributed by atoms with Crippen molar-refractivity contribution in [1.82, 2.24) is 9.88 Å². The van der Waals surface area contributed by atoms with Crippen LogP contribution in [0.3, 0.4) is 0 Å². The molecular weight excluding hydrogens is 298 g/mol.